The van der Waals surface area contributed by atoms with Crippen molar-refractivity contribution in [2.75, 3.05) is 17.5 Å². The first-order valence-electron chi connectivity index (χ1n) is 7.13. The SMILES string of the molecule is CC(C)(C)OC(=O)NCCCn1cc(C(=O)O)c(NS(C)(=O)=O)n1. The summed E-state index contributed by atoms with van der Waals surface area (Å²) in [6.07, 6.45) is 2.04. The van der Waals surface area contributed by atoms with Crippen LogP contribution in [0.4, 0.5) is 10.6 Å². The van der Waals surface area contributed by atoms with Crippen molar-refractivity contribution in [2.45, 2.75) is 39.3 Å². The Morgan fingerprint density at radius 3 is 2.50 bits per heavy atom. The van der Waals surface area contributed by atoms with Crippen molar-refractivity contribution in [3.05, 3.63) is 11.8 Å². The molecule has 0 aliphatic heterocycles. The molecular weight excluding hydrogens is 340 g/mol. The highest BCUT2D eigenvalue weighted by molar-refractivity contribution is 7.92. The van der Waals surface area contributed by atoms with E-state index in [1.165, 1.54) is 10.9 Å². The van der Waals surface area contributed by atoms with E-state index in [0.29, 0.717) is 19.5 Å². The quantitative estimate of drug-likeness (QED) is 0.611. The van der Waals surface area contributed by atoms with E-state index in [2.05, 4.69) is 15.1 Å². The van der Waals surface area contributed by atoms with E-state index in [0.717, 1.165) is 6.26 Å². The number of carboxylic acid groups (broad SMARTS) is 1. The fourth-order valence-corrected chi connectivity index (χ4v) is 2.19. The number of carbonyl (C=O) groups excluding carboxylic acids is 1. The zero-order chi connectivity index (χ0) is 18.5. The van der Waals surface area contributed by atoms with Gasteiger partial charge in [0.1, 0.15) is 11.2 Å². The molecule has 3 N–H and O–H groups in total. The van der Waals surface area contributed by atoms with Gasteiger partial charge in [-0.15, -0.1) is 0 Å². The van der Waals surface area contributed by atoms with E-state index < -0.39 is 27.7 Å². The Kier molecular flexibility index (Phi) is 6.18. The number of nitrogens with zero attached hydrogens (tertiary/aromatic N) is 2. The second-order valence-corrected chi connectivity index (χ2v) is 7.86. The standard InChI is InChI=1S/C13H22N4O6S/c1-13(2,3)23-12(20)14-6-5-7-17-8-9(11(18)19)10(15-17)16-24(4,21)22/h8H,5-7H2,1-4H3,(H,14,20)(H,15,16)(H,18,19). The summed E-state index contributed by atoms with van der Waals surface area (Å²) in [7, 11) is -3.64. The van der Waals surface area contributed by atoms with Crippen molar-refractivity contribution in [2.24, 2.45) is 0 Å². The number of rotatable bonds is 7. The van der Waals surface area contributed by atoms with Gasteiger partial charge in [-0.05, 0) is 27.2 Å². The number of amides is 1. The van der Waals surface area contributed by atoms with Crippen LogP contribution in [0.1, 0.15) is 37.6 Å². The largest absolute Gasteiger partial charge is 0.477 e. The van der Waals surface area contributed by atoms with Gasteiger partial charge < -0.3 is 15.2 Å². The third kappa shape index (κ3) is 7.31. The average molecular weight is 362 g/mol. The third-order valence-electron chi connectivity index (χ3n) is 2.51. The highest BCUT2D eigenvalue weighted by Gasteiger charge is 2.18. The first kappa shape index (κ1) is 19.7. The molecule has 0 unspecified atom stereocenters. The van der Waals surface area contributed by atoms with Crippen LogP contribution in [0.25, 0.3) is 0 Å². The Balaban J connectivity index is 2.58. The molecule has 0 fully saturated rings. The lowest BCUT2D eigenvalue weighted by molar-refractivity contribution is 0.0526. The average Bonchev–Trinajstić information content (AvgIpc) is 2.73. The van der Waals surface area contributed by atoms with Gasteiger partial charge in [0.05, 0.1) is 6.26 Å². The minimum atomic E-state index is -3.64. The van der Waals surface area contributed by atoms with Crippen LogP contribution in [0.5, 0.6) is 0 Å². The molecular formula is C13H22N4O6S. The molecule has 11 heteroatoms. The maximum absolute atomic E-state index is 11.5. The lowest BCUT2D eigenvalue weighted by atomic mass is 10.2. The molecule has 1 rings (SSSR count). The van der Waals surface area contributed by atoms with E-state index in [1.54, 1.807) is 20.8 Å². The summed E-state index contributed by atoms with van der Waals surface area (Å²) >= 11 is 0. The number of carboxylic acids is 1. The number of carbonyl (C=O) groups is 2. The number of hydrogen-bond donors (Lipinski definition) is 3. The topological polar surface area (TPSA) is 140 Å². The Labute approximate surface area is 140 Å². The number of alkyl carbamates (subject to hydrolysis) is 1. The first-order chi connectivity index (χ1) is 10.9. The summed E-state index contributed by atoms with van der Waals surface area (Å²) in [4.78, 5) is 22.6. The fourth-order valence-electron chi connectivity index (χ4n) is 1.69. The number of aryl methyl sites for hydroxylation is 1. The smallest absolute Gasteiger partial charge is 0.407 e. The highest BCUT2D eigenvalue weighted by Crippen LogP contribution is 2.14. The van der Waals surface area contributed by atoms with Gasteiger partial charge in [0.25, 0.3) is 0 Å². The number of aromatic nitrogens is 2. The third-order valence-corrected chi connectivity index (χ3v) is 3.07. The highest BCUT2D eigenvalue weighted by atomic mass is 32.2. The van der Waals surface area contributed by atoms with Crippen LogP contribution in [0, 0.1) is 0 Å². The summed E-state index contributed by atoms with van der Waals surface area (Å²) in [5, 5.41) is 15.5. The van der Waals surface area contributed by atoms with E-state index in [-0.39, 0.29) is 11.4 Å². The van der Waals surface area contributed by atoms with E-state index in [9.17, 15) is 18.0 Å². The normalized spacial score (nSPS) is 11.8. The lowest BCUT2D eigenvalue weighted by Crippen LogP contribution is -2.33. The Hall–Kier alpha value is -2.30. The van der Waals surface area contributed by atoms with Gasteiger partial charge >= 0.3 is 12.1 Å². The van der Waals surface area contributed by atoms with Crippen LogP contribution in [-0.4, -0.2) is 53.8 Å². The molecule has 1 amide bonds. The van der Waals surface area contributed by atoms with E-state index in [4.69, 9.17) is 9.84 Å². The van der Waals surface area contributed by atoms with Gasteiger partial charge in [-0.1, -0.05) is 0 Å². The summed E-state index contributed by atoms with van der Waals surface area (Å²) in [6, 6.07) is 0. The summed E-state index contributed by atoms with van der Waals surface area (Å²) in [5.74, 6) is -1.54. The van der Waals surface area contributed by atoms with Crippen LogP contribution >= 0.6 is 0 Å². The zero-order valence-corrected chi connectivity index (χ0v) is 14.8. The molecule has 0 spiro atoms. The van der Waals surface area contributed by atoms with Gasteiger partial charge in [-0.3, -0.25) is 9.40 Å². The molecule has 0 radical (unpaired) electrons. The van der Waals surface area contributed by atoms with Crippen LogP contribution in [0.2, 0.25) is 0 Å². The molecule has 0 aliphatic carbocycles. The number of sulfonamides is 1. The molecule has 0 bridgehead atoms. The minimum absolute atomic E-state index is 0.245. The summed E-state index contributed by atoms with van der Waals surface area (Å²) in [5.41, 5.74) is -0.838. The molecule has 0 saturated heterocycles. The van der Waals surface area contributed by atoms with E-state index in [1.807, 2.05) is 0 Å². The number of nitrogens with one attached hydrogen (secondary N) is 2. The molecule has 24 heavy (non-hydrogen) atoms. The van der Waals surface area contributed by atoms with Crippen molar-refractivity contribution in [1.29, 1.82) is 0 Å². The predicted molar refractivity (Wildman–Crippen MR) is 86.5 cm³/mol. The predicted octanol–water partition coefficient (Wildman–Crippen LogP) is 0.868. The molecule has 136 valence electrons. The second-order valence-electron chi connectivity index (χ2n) is 6.12. The van der Waals surface area contributed by atoms with Crippen LogP contribution in [0.3, 0.4) is 0 Å². The molecule has 0 atom stereocenters. The van der Waals surface area contributed by atoms with Crippen molar-refractivity contribution in [1.82, 2.24) is 15.1 Å². The van der Waals surface area contributed by atoms with Crippen LogP contribution in [-0.2, 0) is 21.3 Å². The molecule has 1 aromatic heterocycles. The second kappa shape index (κ2) is 7.51. The van der Waals surface area contributed by atoms with Gasteiger partial charge in [0.15, 0.2) is 5.82 Å². The maximum atomic E-state index is 11.5. The van der Waals surface area contributed by atoms with Crippen LogP contribution in [0.15, 0.2) is 6.20 Å². The number of aromatic carboxylic acids is 1. The number of anilines is 1. The van der Waals surface area contributed by atoms with Gasteiger partial charge in [-0.25, -0.2) is 18.0 Å². The van der Waals surface area contributed by atoms with Gasteiger partial charge in [0, 0.05) is 19.3 Å². The Morgan fingerprint density at radius 1 is 1.38 bits per heavy atom. The lowest BCUT2D eigenvalue weighted by Gasteiger charge is -2.19. The van der Waals surface area contributed by atoms with Crippen molar-refractivity contribution in [3.63, 3.8) is 0 Å². The van der Waals surface area contributed by atoms with E-state index >= 15 is 0 Å². The van der Waals surface area contributed by atoms with Gasteiger partial charge in [-0.2, -0.15) is 5.10 Å². The Morgan fingerprint density at radius 2 is 2.00 bits per heavy atom. The number of hydrogen-bond acceptors (Lipinski definition) is 6. The van der Waals surface area contributed by atoms with Crippen molar-refractivity contribution in [3.8, 4) is 0 Å². The fraction of sp³-hybridized carbons (Fsp3) is 0.615. The summed E-state index contributed by atoms with van der Waals surface area (Å²) in [6.45, 7) is 5.84. The molecule has 0 aromatic carbocycles. The molecule has 0 saturated carbocycles. The minimum Gasteiger partial charge on any atom is -0.477 e. The summed E-state index contributed by atoms with van der Waals surface area (Å²) < 4.78 is 30.9. The zero-order valence-electron chi connectivity index (χ0n) is 14.0. The van der Waals surface area contributed by atoms with Gasteiger partial charge in [0.2, 0.25) is 10.0 Å². The molecule has 1 aromatic rings. The molecule has 10 nitrogen and oxygen atoms in total. The molecule has 0 aliphatic rings. The maximum Gasteiger partial charge on any atom is 0.407 e. The monoisotopic (exact) mass is 362 g/mol. The van der Waals surface area contributed by atoms with Crippen molar-refractivity contribution < 1.29 is 27.9 Å². The first-order valence-corrected chi connectivity index (χ1v) is 9.02. The van der Waals surface area contributed by atoms with Crippen LogP contribution < -0.4 is 10.0 Å². The number of ether oxygens (including phenoxy) is 1. The molecule has 1 heterocycles. The Bertz CT molecular complexity index is 705. The van der Waals surface area contributed by atoms with Crippen molar-refractivity contribution >= 4 is 27.9 Å².